The number of nitrogens with zero attached hydrogens (tertiary/aromatic N) is 1. The molecule has 5 nitrogen and oxygen atoms in total. The lowest BCUT2D eigenvalue weighted by molar-refractivity contribution is -0.385. The molecule has 2 atom stereocenters. The molecule has 2 aliphatic rings. The molecule has 0 amide bonds. The van der Waals surface area contributed by atoms with E-state index in [-0.39, 0.29) is 28.2 Å². The maximum atomic E-state index is 11.0. The van der Waals surface area contributed by atoms with Crippen LogP contribution in [0.15, 0.2) is 12.1 Å². The lowest BCUT2D eigenvalue weighted by Gasteiger charge is -2.52. The van der Waals surface area contributed by atoms with Crippen molar-refractivity contribution in [1.29, 1.82) is 0 Å². The van der Waals surface area contributed by atoms with Crippen LogP contribution < -0.4 is 10.5 Å². The number of ether oxygens (including phenoxy) is 1. The number of hydrogen-bond acceptors (Lipinski definition) is 4. The number of aryl methyl sites for hydroxylation is 2. The van der Waals surface area contributed by atoms with E-state index in [1.165, 1.54) is 12.8 Å². The van der Waals surface area contributed by atoms with Crippen LogP contribution in [-0.4, -0.2) is 17.1 Å². The van der Waals surface area contributed by atoms with Crippen LogP contribution in [0.2, 0.25) is 0 Å². The second-order valence-electron chi connectivity index (χ2n) is 6.55. The fourth-order valence-electron chi connectivity index (χ4n) is 3.92. The number of nitro benzene ring substituents is 1. The van der Waals surface area contributed by atoms with Crippen LogP contribution in [0.5, 0.6) is 5.75 Å². The molecule has 3 rings (SSSR count). The molecule has 5 heteroatoms. The highest BCUT2D eigenvalue weighted by molar-refractivity contribution is 5.49. The van der Waals surface area contributed by atoms with Crippen molar-refractivity contribution in [3.63, 3.8) is 0 Å². The Kier molecular flexibility index (Phi) is 3.40. The number of rotatable bonds is 3. The first-order valence-electron chi connectivity index (χ1n) is 7.62. The standard InChI is InChI=1S/C16H22N2O3/c1-10-8-13(11(2)7-12(10)18(19)20)21-15-9-14(17)16(15)5-3-4-6-16/h7-8,14-15H,3-6,9,17H2,1-2H3. The minimum absolute atomic E-state index is 0.141. The van der Waals surface area contributed by atoms with Crippen LogP contribution in [0.25, 0.3) is 0 Å². The molecule has 0 bridgehead atoms. The first kappa shape index (κ1) is 14.3. The smallest absolute Gasteiger partial charge is 0.272 e. The highest BCUT2D eigenvalue weighted by Gasteiger charge is 2.56. The zero-order chi connectivity index (χ0) is 15.2. The van der Waals surface area contributed by atoms with Crippen LogP contribution in [0, 0.1) is 29.4 Å². The van der Waals surface area contributed by atoms with Gasteiger partial charge >= 0.3 is 0 Å². The summed E-state index contributed by atoms with van der Waals surface area (Å²) in [6.45, 7) is 3.62. The topological polar surface area (TPSA) is 78.4 Å². The zero-order valence-electron chi connectivity index (χ0n) is 12.6. The van der Waals surface area contributed by atoms with E-state index in [4.69, 9.17) is 10.5 Å². The van der Waals surface area contributed by atoms with Crippen molar-refractivity contribution in [3.05, 3.63) is 33.4 Å². The van der Waals surface area contributed by atoms with E-state index >= 15 is 0 Å². The van der Waals surface area contributed by atoms with E-state index < -0.39 is 0 Å². The van der Waals surface area contributed by atoms with Gasteiger partial charge in [-0.3, -0.25) is 10.1 Å². The molecule has 1 spiro atoms. The number of benzene rings is 1. The molecule has 2 saturated carbocycles. The van der Waals surface area contributed by atoms with Crippen molar-refractivity contribution in [1.82, 2.24) is 0 Å². The van der Waals surface area contributed by atoms with Crippen LogP contribution in [-0.2, 0) is 0 Å². The first-order chi connectivity index (χ1) is 9.94. The molecule has 0 aromatic heterocycles. The van der Waals surface area contributed by atoms with E-state index in [1.807, 2.05) is 6.92 Å². The minimum atomic E-state index is -0.343. The Labute approximate surface area is 124 Å². The molecule has 2 N–H and O–H groups in total. The summed E-state index contributed by atoms with van der Waals surface area (Å²) in [5, 5.41) is 11.0. The summed E-state index contributed by atoms with van der Waals surface area (Å²) in [5.74, 6) is 0.765. The van der Waals surface area contributed by atoms with Gasteiger partial charge in [-0.05, 0) is 38.3 Å². The molecule has 2 fully saturated rings. The molecule has 0 aliphatic heterocycles. The molecular formula is C16H22N2O3. The van der Waals surface area contributed by atoms with E-state index in [9.17, 15) is 10.1 Å². The molecule has 2 aliphatic carbocycles. The highest BCUT2D eigenvalue weighted by Crippen LogP contribution is 2.54. The largest absolute Gasteiger partial charge is 0.489 e. The Morgan fingerprint density at radius 2 is 1.95 bits per heavy atom. The first-order valence-corrected chi connectivity index (χ1v) is 7.62. The van der Waals surface area contributed by atoms with Gasteiger partial charge in [-0.15, -0.1) is 0 Å². The van der Waals surface area contributed by atoms with Gasteiger partial charge < -0.3 is 10.5 Å². The van der Waals surface area contributed by atoms with Gasteiger partial charge in [-0.1, -0.05) is 12.8 Å². The molecule has 1 aromatic rings. The van der Waals surface area contributed by atoms with Crippen molar-refractivity contribution < 1.29 is 9.66 Å². The monoisotopic (exact) mass is 290 g/mol. The maximum Gasteiger partial charge on any atom is 0.272 e. The fourth-order valence-corrected chi connectivity index (χ4v) is 3.92. The quantitative estimate of drug-likeness (QED) is 0.684. The van der Waals surface area contributed by atoms with Crippen molar-refractivity contribution in [2.75, 3.05) is 0 Å². The molecule has 0 heterocycles. The molecule has 0 radical (unpaired) electrons. The van der Waals surface area contributed by atoms with Crippen LogP contribution in [0.1, 0.15) is 43.2 Å². The lowest BCUT2D eigenvalue weighted by atomic mass is 9.61. The van der Waals surface area contributed by atoms with Gasteiger partial charge in [0.25, 0.3) is 5.69 Å². The van der Waals surface area contributed by atoms with Crippen molar-refractivity contribution >= 4 is 5.69 Å². The van der Waals surface area contributed by atoms with E-state index in [0.717, 1.165) is 30.6 Å². The molecule has 114 valence electrons. The summed E-state index contributed by atoms with van der Waals surface area (Å²) in [6.07, 6.45) is 5.79. The van der Waals surface area contributed by atoms with E-state index in [0.29, 0.717) is 5.56 Å². The third-order valence-electron chi connectivity index (χ3n) is 5.34. The second-order valence-corrected chi connectivity index (χ2v) is 6.55. The minimum Gasteiger partial charge on any atom is -0.489 e. The fraction of sp³-hybridized carbons (Fsp3) is 0.625. The number of nitro groups is 1. The molecule has 0 saturated heterocycles. The Balaban J connectivity index is 1.83. The van der Waals surface area contributed by atoms with Crippen molar-refractivity contribution in [2.45, 2.75) is 58.1 Å². The van der Waals surface area contributed by atoms with Crippen LogP contribution in [0.4, 0.5) is 5.69 Å². The van der Waals surface area contributed by atoms with Gasteiger partial charge in [0.15, 0.2) is 0 Å². The third-order valence-corrected chi connectivity index (χ3v) is 5.34. The molecule has 1 aromatic carbocycles. The van der Waals surface area contributed by atoms with Gasteiger partial charge in [-0.25, -0.2) is 0 Å². The van der Waals surface area contributed by atoms with Gasteiger partial charge in [0, 0.05) is 29.5 Å². The Hall–Kier alpha value is -1.62. The summed E-state index contributed by atoms with van der Waals surface area (Å²) >= 11 is 0. The lowest BCUT2D eigenvalue weighted by Crippen LogP contribution is -2.62. The number of nitrogens with two attached hydrogens (primary N) is 1. The van der Waals surface area contributed by atoms with Crippen LogP contribution in [0.3, 0.4) is 0 Å². The average molecular weight is 290 g/mol. The SMILES string of the molecule is Cc1cc([N+](=O)[O-])c(C)cc1OC1CC(N)C12CCCC2. The molecule has 2 unspecified atom stereocenters. The normalized spacial score (nSPS) is 26.6. The summed E-state index contributed by atoms with van der Waals surface area (Å²) < 4.78 is 6.20. The molecule has 21 heavy (non-hydrogen) atoms. The van der Waals surface area contributed by atoms with E-state index in [2.05, 4.69) is 0 Å². The Morgan fingerprint density at radius 1 is 1.29 bits per heavy atom. The van der Waals surface area contributed by atoms with Crippen molar-refractivity contribution in [3.8, 4) is 5.75 Å². The predicted molar refractivity (Wildman–Crippen MR) is 80.5 cm³/mol. The summed E-state index contributed by atoms with van der Waals surface area (Å²) in [4.78, 5) is 10.6. The van der Waals surface area contributed by atoms with Crippen LogP contribution >= 0.6 is 0 Å². The zero-order valence-corrected chi connectivity index (χ0v) is 12.6. The summed E-state index contributed by atoms with van der Waals surface area (Å²) in [5.41, 5.74) is 7.98. The highest BCUT2D eigenvalue weighted by atomic mass is 16.6. The van der Waals surface area contributed by atoms with Crippen molar-refractivity contribution in [2.24, 2.45) is 11.1 Å². The average Bonchev–Trinajstić information content (AvgIpc) is 2.94. The van der Waals surface area contributed by atoms with Gasteiger partial charge in [-0.2, -0.15) is 0 Å². The second kappa shape index (κ2) is 4.98. The van der Waals surface area contributed by atoms with E-state index in [1.54, 1.807) is 19.1 Å². The third kappa shape index (κ3) is 2.20. The van der Waals surface area contributed by atoms with Gasteiger partial charge in [0.1, 0.15) is 11.9 Å². The summed E-state index contributed by atoms with van der Waals surface area (Å²) in [7, 11) is 0. The molecular weight excluding hydrogens is 268 g/mol. The van der Waals surface area contributed by atoms with Gasteiger partial charge in [0.2, 0.25) is 0 Å². The maximum absolute atomic E-state index is 11.0. The van der Waals surface area contributed by atoms with Gasteiger partial charge in [0.05, 0.1) is 4.92 Å². The predicted octanol–water partition coefficient (Wildman–Crippen LogP) is 3.25. The Bertz CT molecular complexity index is 579. The number of hydrogen-bond donors (Lipinski definition) is 1. The Morgan fingerprint density at radius 3 is 2.52 bits per heavy atom. The summed E-state index contributed by atoms with van der Waals surface area (Å²) in [6, 6.07) is 3.63.